The van der Waals surface area contributed by atoms with Crippen LogP contribution in [0.1, 0.15) is 5.56 Å². The van der Waals surface area contributed by atoms with E-state index in [0.717, 1.165) is 16.8 Å². The summed E-state index contributed by atoms with van der Waals surface area (Å²) in [6, 6.07) is 16.0. The summed E-state index contributed by atoms with van der Waals surface area (Å²) in [5.41, 5.74) is 7.61. The first-order valence-corrected chi connectivity index (χ1v) is 6.07. The lowest BCUT2D eigenvalue weighted by Gasteiger charge is -2.17. The number of nitrogen functional groups attached to an aromatic ring is 1. The fourth-order valence-electron chi connectivity index (χ4n) is 1.66. The maximum atomic E-state index is 12.0. The molecule has 5 heteroatoms. The first kappa shape index (κ1) is 13.6. The Kier molecular flexibility index (Phi) is 4.34. The number of nitrogens with two attached hydrogens (primary N) is 1. The molecule has 0 heterocycles. The number of nitrogens with one attached hydrogen (secondary N) is 1. The summed E-state index contributed by atoms with van der Waals surface area (Å²) in [6.45, 7) is 0.166. The van der Waals surface area contributed by atoms with E-state index in [4.69, 9.17) is 15.9 Å². The molecule has 2 aromatic carbocycles. The van der Waals surface area contributed by atoms with Crippen LogP contribution in [0.25, 0.3) is 0 Å². The van der Waals surface area contributed by atoms with E-state index in [1.54, 1.807) is 24.3 Å². The lowest BCUT2D eigenvalue weighted by molar-refractivity contribution is 0.151. The van der Waals surface area contributed by atoms with Crippen LogP contribution in [-0.2, 0) is 11.3 Å². The third-order valence-electron chi connectivity index (χ3n) is 2.70. The molecule has 0 aliphatic rings. The molecule has 5 nitrogen and oxygen atoms in total. The third kappa shape index (κ3) is 3.35. The van der Waals surface area contributed by atoms with Crippen molar-refractivity contribution in [3.63, 3.8) is 0 Å². The number of carbonyl (C=O) groups is 1. The highest BCUT2D eigenvalue weighted by molar-refractivity contribution is 6.04. The van der Waals surface area contributed by atoms with Crippen LogP contribution < -0.4 is 10.6 Å². The molecule has 0 fully saturated rings. The van der Waals surface area contributed by atoms with Gasteiger partial charge in [-0.15, -0.1) is 0 Å². The number of benzene rings is 2. The molecule has 0 spiro atoms. The Morgan fingerprint density at radius 2 is 1.80 bits per heavy atom. The predicted octanol–water partition coefficient (Wildman–Crippen LogP) is 3.02. The van der Waals surface area contributed by atoms with Crippen molar-refractivity contribution in [3.05, 3.63) is 60.2 Å². The highest BCUT2D eigenvalue weighted by Crippen LogP contribution is 2.16. The fourth-order valence-corrected chi connectivity index (χ4v) is 1.66. The molecule has 0 bridgehead atoms. The molecule has 0 aromatic heterocycles. The number of rotatable bonds is 4. The van der Waals surface area contributed by atoms with Gasteiger partial charge < -0.3 is 10.5 Å². The summed E-state index contributed by atoms with van der Waals surface area (Å²) in [5.74, 6) is 0. The van der Waals surface area contributed by atoms with E-state index >= 15 is 0 Å². The van der Waals surface area contributed by atoms with Crippen LogP contribution in [0.15, 0.2) is 54.6 Å². The lowest BCUT2D eigenvalue weighted by Crippen LogP contribution is -2.29. The summed E-state index contributed by atoms with van der Waals surface area (Å²) in [4.78, 5) is 13.1. The summed E-state index contributed by atoms with van der Waals surface area (Å²) in [7, 11) is 0. The Balaban J connectivity index is 2.02. The van der Waals surface area contributed by atoms with E-state index in [2.05, 4.69) is 0 Å². The maximum Gasteiger partial charge on any atom is 0.420 e. The van der Waals surface area contributed by atoms with E-state index in [1.807, 2.05) is 30.3 Å². The zero-order valence-electron chi connectivity index (χ0n) is 10.8. The largest absolute Gasteiger partial charge is 0.444 e. The molecule has 102 valence electrons. The van der Waals surface area contributed by atoms with Crippen molar-refractivity contribution < 1.29 is 9.53 Å². The Hall–Kier alpha value is -2.82. The van der Waals surface area contributed by atoms with Crippen LogP contribution in [0.3, 0.4) is 0 Å². The molecular weight excluding hydrogens is 254 g/mol. The average molecular weight is 269 g/mol. The molecule has 3 N–H and O–H groups in total. The zero-order chi connectivity index (χ0) is 14.4. The number of carbonyl (C=O) groups excluding carboxylic acids is 1. The van der Waals surface area contributed by atoms with Gasteiger partial charge >= 0.3 is 6.09 Å². The average Bonchev–Trinajstić information content (AvgIpc) is 2.49. The predicted molar refractivity (Wildman–Crippen MR) is 78.7 cm³/mol. The Morgan fingerprint density at radius 3 is 2.40 bits per heavy atom. The van der Waals surface area contributed by atoms with Crippen molar-refractivity contribution in [3.8, 4) is 0 Å². The second-order valence-electron chi connectivity index (χ2n) is 4.13. The van der Waals surface area contributed by atoms with E-state index in [-0.39, 0.29) is 6.61 Å². The first-order valence-electron chi connectivity index (χ1n) is 6.07. The van der Waals surface area contributed by atoms with Gasteiger partial charge in [-0.25, -0.2) is 9.69 Å². The topological polar surface area (TPSA) is 79.4 Å². The summed E-state index contributed by atoms with van der Waals surface area (Å²) in [6.07, 6.45) is 0.312. The second kappa shape index (κ2) is 6.38. The Labute approximate surface area is 117 Å². The molecule has 0 aliphatic carbocycles. The van der Waals surface area contributed by atoms with Gasteiger partial charge in [0.2, 0.25) is 0 Å². The van der Waals surface area contributed by atoms with Gasteiger partial charge in [-0.1, -0.05) is 30.3 Å². The number of amides is 1. The van der Waals surface area contributed by atoms with Gasteiger partial charge in [0, 0.05) is 5.69 Å². The van der Waals surface area contributed by atoms with Crippen molar-refractivity contribution in [1.82, 2.24) is 0 Å². The lowest BCUT2D eigenvalue weighted by atomic mass is 10.2. The van der Waals surface area contributed by atoms with Crippen molar-refractivity contribution in [2.75, 3.05) is 10.6 Å². The maximum absolute atomic E-state index is 12.0. The number of nitrogens with zero attached hydrogens (tertiary/aromatic N) is 1. The van der Waals surface area contributed by atoms with Crippen LogP contribution in [0.2, 0.25) is 0 Å². The van der Waals surface area contributed by atoms with Gasteiger partial charge in [0.25, 0.3) is 0 Å². The minimum absolute atomic E-state index is 0.166. The number of hydrogen-bond donors (Lipinski definition) is 2. The Morgan fingerprint density at radius 1 is 1.15 bits per heavy atom. The molecule has 0 radical (unpaired) electrons. The van der Waals surface area contributed by atoms with Crippen LogP contribution >= 0.6 is 0 Å². The van der Waals surface area contributed by atoms with E-state index in [0.29, 0.717) is 11.4 Å². The van der Waals surface area contributed by atoms with Gasteiger partial charge in [-0.3, -0.25) is 5.41 Å². The van der Waals surface area contributed by atoms with E-state index in [9.17, 15) is 4.79 Å². The molecule has 0 atom stereocenters. The molecule has 2 aromatic rings. The van der Waals surface area contributed by atoms with Crippen molar-refractivity contribution in [2.45, 2.75) is 6.61 Å². The number of ether oxygens (including phenoxy) is 1. The molecule has 2 rings (SSSR count). The second-order valence-corrected chi connectivity index (χ2v) is 4.13. The van der Waals surface area contributed by atoms with Gasteiger partial charge in [0.15, 0.2) is 0 Å². The smallest absolute Gasteiger partial charge is 0.420 e. The fraction of sp³-hybridized carbons (Fsp3) is 0.0667. The van der Waals surface area contributed by atoms with Crippen LogP contribution in [0.4, 0.5) is 16.2 Å². The molecular formula is C15H15N3O2. The first-order chi connectivity index (χ1) is 9.70. The molecule has 0 aliphatic heterocycles. The van der Waals surface area contributed by atoms with Crippen molar-refractivity contribution in [2.24, 2.45) is 0 Å². The SMILES string of the molecule is N=CN(C(=O)OCc1ccccc1)c1ccc(N)cc1. The third-order valence-corrected chi connectivity index (χ3v) is 2.70. The standard InChI is InChI=1S/C15H15N3O2/c16-11-18(14-8-6-13(17)7-9-14)15(19)20-10-12-4-2-1-3-5-12/h1-9,11,16H,10,17H2. The highest BCUT2D eigenvalue weighted by Gasteiger charge is 2.14. The van der Waals surface area contributed by atoms with E-state index in [1.165, 1.54) is 0 Å². The van der Waals surface area contributed by atoms with Crippen LogP contribution in [-0.4, -0.2) is 12.4 Å². The summed E-state index contributed by atoms with van der Waals surface area (Å²) < 4.78 is 5.17. The normalized spacial score (nSPS) is 9.80. The van der Waals surface area contributed by atoms with Crippen LogP contribution in [0.5, 0.6) is 0 Å². The molecule has 0 saturated heterocycles. The van der Waals surface area contributed by atoms with Gasteiger partial charge in [-0.05, 0) is 29.8 Å². The van der Waals surface area contributed by atoms with Gasteiger partial charge in [0.1, 0.15) is 6.61 Å². The summed E-state index contributed by atoms with van der Waals surface area (Å²) >= 11 is 0. The minimum Gasteiger partial charge on any atom is -0.444 e. The zero-order valence-corrected chi connectivity index (χ0v) is 10.8. The van der Waals surface area contributed by atoms with E-state index < -0.39 is 6.09 Å². The number of anilines is 2. The van der Waals surface area contributed by atoms with Crippen molar-refractivity contribution >= 4 is 23.8 Å². The van der Waals surface area contributed by atoms with Crippen LogP contribution in [0, 0.1) is 5.41 Å². The molecule has 0 unspecified atom stereocenters. The van der Waals surface area contributed by atoms with Gasteiger partial charge in [-0.2, -0.15) is 0 Å². The monoisotopic (exact) mass is 269 g/mol. The summed E-state index contributed by atoms with van der Waals surface area (Å²) in [5, 5.41) is 7.33. The van der Waals surface area contributed by atoms with Crippen molar-refractivity contribution in [1.29, 1.82) is 5.41 Å². The molecule has 0 saturated carbocycles. The van der Waals surface area contributed by atoms with Gasteiger partial charge in [0.05, 0.1) is 12.0 Å². The quantitative estimate of drug-likeness (QED) is 0.508. The molecule has 1 amide bonds. The molecule has 20 heavy (non-hydrogen) atoms. The highest BCUT2D eigenvalue weighted by atomic mass is 16.6. The minimum atomic E-state index is -0.603. The number of hydrogen-bond acceptors (Lipinski definition) is 4. The Bertz CT molecular complexity index is 582.